The highest BCUT2D eigenvalue weighted by Crippen LogP contribution is 2.62. The van der Waals surface area contributed by atoms with Gasteiger partial charge in [-0.3, -0.25) is 9.59 Å². The van der Waals surface area contributed by atoms with Crippen molar-refractivity contribution in [2.24, 2.45) is 16.7 Å². The largest absolute Gasteiger partial charge is 0.348 e. The van der Waals surface area contributed by atoms with E-state index < -0.39 is 0 Å². The number of fused-ring (bicyclic) bond motifs is 2. The van der Waals surface area contributed by atoms with E-state index in [1.165, 1.54) is 6.20 Å². The van der Waals surface area contributed by atoms with Crippen molar-refractivity contribution in [3.05, 3.63) is 24.0 Å². The molecule has 3 aliphatic rings. The molecule has 2 saturated heterocycles. The molecule has 1 spiro atoms. The van der Waals surface area contributed by atoms with E-state index in [4.69, 9.17) is 0 Å². The summed E-state index contributed by atoms with van der Waals surface area (Å²) in [6, 6.07) is 1.72. The van der Waals surface area contributed by atoms with Gasteiger partial charge in [0.05, 0.1) is 23.4 Å². The van der Waals surface area contributed by atoms with Gasteiger partial charge in [-0.15, -0.1) is 0 Å². The molecular weight excluding hydrogens is 342 g/mol. The average Bonchev–Trinajstić information content (AvgIpc) is 3.17. The molecule has 27 heavy (non-hydrogen) atoms. The van der Waals surface area contributed by atoms with Gasteiger partial charge in [-0.2, -0.15) is 10.2 Å². The Morgan fingerprint density at radius 3 is 2.52 bits per heavy atom. The van der Waals surface area contributed by atoms with Crippen LogP contribution in [0.1, 0.15) is 36.0 Å². The quantitative estimate of drug-likeness (QED) is 0.779. The van der Waals surface area contributed by atoms with Crippen LogP contribution in [-0.2, 0) is 4.79 Å². The van der Waals surface area contributed by atoms with Crippen LogP contribution in [0.2, 0.25) is 0 Å². The Kier molecular flexibility index (Phi) is 4.45. The van der Waals surface area contributed by atoms with Gasteiger partial charge in [0.2, 0.25) is 5.91 Å². The fourth-order valence-electron chi connectivity index (χ4n) is 5.94. The SMILES string of the molecule is CN1C[C@@H]2C3(CCN(C(=O)c4ccnnc4)CC3)CC[C@]2(C(=O)N(C)C)C1. The lowest BCUT2D eigenvalue weighted by Gasteiger charge is -2.44. The summed E-state index contributed by atoms with van der Waals surface area (Å²) in [5, 5.41) is 7.57. The first kappa shape index (κ1) is 18.3. The summed E-state index contributed by atoms with van der Waals surface area (Å²) in [7, 11) is 5.88. The highest BCUT2D eigenvalue weighted by molar-refractivity contribution is 5.93. The second-order valence-corrected chi connectivity index (χ2v) is 8.89. The van der Waals surface area contributed by atoms with Gasteiger partial charge in [-0.1, -0.05) is 0 Å². The minimum absolute atomic E-state index is 0.0388. The third-order valence-electron chi connectivity index (χ3n) is 7.23. The highest BCUT2D eigenvalue weighted by atomic mass is 16.2. The maximum atomic E-state index is 13.1. The zero-order chi connectivity index (χ0) is 19.2. The van der Waals surface area contributed by atoms with Crippen LogP contribution in [0.15, 0.2) is 18.5 Å². The lowest BCUT2D eigenvalue weighted by molar-refractivity contribution is -0.141. The van der Waals surface area contributed by atoms with E-state index in [1.807, 2.05) is 19.0 Å². The summed E-state index contributed by atoms with van der Waals surface area (Å²) in [5.74, 6) is 0.719. The molecule has 7 heteroatoms. The van der Waals surface area contributed by atoms with Gasteiger partial charge in [-0.25, -0.2) is 0 Å². The predicted octanol–water partition coefficient (Wildman–Crippen LogP) is 1.13. The lowest BCUT2D eigenvalue weighted by Crippen LogP contribution is -2.49. The number of hydrogen-bond acceptors (Lipinski definition) is 5. The Bertz CT molecular complexity index is 729. The molecule has 1 aliphatic carbocycles. The van der Waals surface area contributed by atoms with E-state index in [9.17, 15) is 9.59 Å². The number of hydrogen-bond donors (Lipinski definition) is 0. The minimum Gasteiger partial charge on any atom is -0.348 e. The summed E-state index contributed by atoms with van der Waals surface area (Å²) in [6.07, 6.45) is 7.14. The van der Waals surface area contributed by atoms with Crippen LogP contribution < -0.4 is 0 Å². The van der Waals surface area contributed by atoms with Gasteiger partial charge in [0.25, 0.3) is 5.91 Å². The third-order valence-corrected chi connectivity index (χ3v) is 7.23. The number of carbonyl (C=O) groups is 2. The van der Waals surface area contributed by atoms with Gasteiger partial charge >= 0.3 is 0 Å². The number of nitrogens with zero attached hydrogens (tertiary/aromatic N) is 5. The monoisotopic (exact) mass is 371 g/mol. The van der Waals surface area contributed by atoms with Crippen molar-refractivity contribution in [2.75, 3.05) is 47.3 Å². The van der Waals surface area contributed by atoms with E-state index in [-0.39, 0.29) is 22.6 Å². The molecule has 1 aromatic heterocycles. The van der Waals surface area contributed by atoms with Gasteiger partial charge < -0.3 is 14.7 Å². The normalized spacial score (nSPS) is 29.7. The molecule has 0 N–H and O–H groups in total. The molecule has 2 aliphatic heterocycles. The molecule has 3 fully saturated rings. The van der Waals surface area contributed by atoms with E-state index in [2.05, 4.69) is 22.1 Å². The Labute approximate surface area is 160 Å². The molecule has 4 rings (SSSR count). The number of likely N-dealkylation sites (tertiary alicyclic amines) is 2. The molecule has 0 unspecified atom stereocenters. The number of carbonyl (C=O) groups excluding carboxylic acids is 2. The van der Waals surface area contributed by atoms with E-state index >= 15 is 0 Å². The van der Waals surface area contributed by atoms with Crippen molar-refractivity contribution < 1.29 is 9.59 Å². The topological polar surface area (TPSA) is 69.6 Å². The molecule has 1 aromatic rings. The summed E-state index contributed by atoms with van der Waals surface area (Å²) in [6.45, 7) is 3.37. The van der Waals surface area contributed by atoms with E-state index in [0.29, 0.717) is 11.5 Å². The Morgan fingerprint density at radius 2 is 1.89 bits per heavy atom. The standard InChI is InChI=1S/C20H29N5O2/c1-23(2)18(27)20-6-5-19(16(20)13-24(3)14-20)7-10-25(11-8-19)17(26)15-4-9-21-22-12-15/h4,9,12,16H,5-8,10-11,13-14H2,1-3H3/t16-,20+/m1/s1. The summed E-state index contributed by atoms with van der Waals surface area (Å²) >= 11 is 0. The second kappa shape index (κ2) is 6.55. The van der Waals surface area contributed by atoms with Crippen molar-refractivity contribution in [3.63, 3.8) is 0 Å². The number of rotatable bonds is 2. The van der Waals surface area contributed by atoms with Crippen molar-refractivity contribution >= 4 is 11.8 Å². The van der Waals surface area contributed by atoms with E-state index in [0.717, 1.165) is 51.9 Å². The predicted molar refractivity (Wildman–Crippen MR) is 101 cm³/mol. The molecule has 1 saturated carbocycles. The molecule has 0 aromatic carbocycles. The van der Waals surface area contributed by atoms with Crippen LogP contribution in [0, 0.1) is 16.7 Å². The maximum absolute atomic E-state index is 13.1. The van der Waals surface area contributed by atoms with Crippen molar-refractivity contribution in [3.8, 4) is 0 Å². The number of piperidine rings is 1. The Morgan fingerprint density at radius 1 is 1.15 bits per heavy atom. The zero-order valence-corrected chi connectivity index (χ0v) is 16.5. The van der Waals surface area contributed by atoms with Crippen LogP contribution in [0.25, 0.3) is 0 Å². The first-order valence-electron chi connectivity index (χ1n) is 9.84. The summed E-state index contributed by atoms with van der Waals surface area (Å²) in [4.78, 5) is 31.9. The molecule has 2 amide bonds. The molecular formula is C20H29N5O2. The summed E-state index contributed by atoms with van der Waals surface area (Å²) in [5.41, 5.74) is 0.550. The maximum Gasteiger partial charge on any atom is 0.255 e. The zero-order valence-electron chi connectivity index (χ0n) is 16.5. The smallest absolute Gasteiger partial charge is 0.255 e. The molecule has 146 valence electrons. The van der Waals surface area contributed by atoms with Gasteiger partial charge in [-0.05, 0) is 50.1 Å². The Hall–Kier alpha value is -2.02. The Balaban J connectivity index is 1.51. The minimum atomic E-state index is -0.237. The van der Waals surface area contributed by atoms with Crippen LogP contribution in [0.5, 0.6) is 0 Å². The molecule has 2 atom stereocenters. The first-order chi connectivity index (χ1) is 12.9. The van der Waals surface area contributed by atoms with Crippen LogP contribution in [0.4, 0.5) is 0 Å². The second-order valence-electron chi connectivity index (χ2n) is 8.89. The van der Waals surface area contributed by atoms with Crippen LogP contribution in [0.3, 0.4) is 0 Å². The highest BCUT2D eigenvalue weighted by Gasteiger charge is 2.64. The molecule has 3 heterocycles. The van der Waals surface area contributed by atoms with Crippen molar-refractivity contribution in [1.29, 1.82) is 0 Å². The van der Waals surface area contributed by atoms with Gasteiger partial charge in [0, 0.05) is 40.3 Å². The van der Waals surface area contributed by atoms with Crippen molar-refractivity contribution in [2.45, 2.75) is 25.7 Å². The van der Waals surface area contributed by atoms with Crippen LogP contribution >= 0.6 is 0 Å². The van der Waals surface area contributed by atoms with Gasteiger partial charge in [0.1, 0.15) is 0 Å². The number of amides is 2. The van der Waals surface area contributed by atoms with E-state index in [1.54, 1.807) is 17.2 Å². The fourth-order valence-corrected chi connectivity index (χ4v) is 5.94. The molecule has 0 bridgehead atoms. The first-order valence-corrected chi connectivity index (χ1v) is 9.84. The van der Waals surface area contributed by atoms with Crippen molar-refractivity contribution in [1.82, 2.24) is 24.9 Å². The summed E-state index contributed by atoms with van der Waals surface area (Å²) < 4.78 is 0. The fraction of sp³-hybridized carbons (Fsp3) is 0.700. The van der Waals surface area contributed by atoms with Crippen LogP contribution in [-0.4, -0.2) is 84.0 Å². The molecule has 0 radical (unpaired) electrons. The average molecular weight is 371 g/mol. The lowest BCUT2D eigenvalue weighted by atomic mass is 9.65. The third kappa shape index (κ3) is 2.83. The molecule has 7 nitrogen and oxygen atoms in total. The van der Waals surface area contributed by atoms with Gasteiger partial charge in [0.15, 0.2) is 0 Å². The number of aromatic nitrogens is 2.